The zero-order chi connectivity index (χ0) is 17.6. The standard InChI is InChI=1S/C20H29N5.HI/c1-4-21-20(22-11-8-12-25-16(3)13-15(2)24-25)23-19-14-18(19)17-9-6-5-7-10-17;/h5-7,9-10,13,18-19H,4,8,11-12,14H2,1-3H3,(H2,21,22,23);1H. The summed E-state index contributed by atoms with van der Waals surface area (Å²) < 4.78 is 2.07. The molecule has 0 radical (unpaired) electrons. The van der Waals surface area contributed by atoms with Crippen molar-refractivity contribution in [3.8, 4) is 0 Å². The molecule has 6 heteroatoms. The van der Waals surface area contributed by atoms with Crippen molar-refractivity contribution in [1.82, 2.24) is 20.4 Å². The summed E-state index contributed by atoms with van der Waals surface area (Å²) in [5, 5.41) is 11.4. The fraction of sp³-hybridized carbons (Fsp3) is 0.500. The highest BCUT2D eigenvalue weighted by Gasteiger charge is 2.38. The van der Waals surface area contributed by atoms with Crippen LogP contribution in [-0.2, 0) is 6.54 Å². The second-order valence-electron chi connectivity index (χ2n) is 6.77. The minimum absolute atomic E-state index is 0. The second-order valence-corrected chi connectivity index (χ2v) is 6.77. The number of rotatable bonds is 7. The summed E-state index contributed by atoms with van der Waals surface area (Å²) in [5.41, 5.74) is 3.72. The molecule has 0 bridgehead atoms. The normalized spacial score (nSPS) is 19.0. The van der Waals surface area contributed by atoms with E-state index in [1.807, 2.05) is 6.92 Å². The molecule has 0 amide bonds. The fourth-order valence-electron chi connectivity index (χ4n) is 3.23. The first kappa shape index (κ1) is 20.7. The molecule has 0 aliphatic heterocycles. The van der Waals surface area contributed by atoms with Crippen molar-refractivity contribution < 1.29 is 0 Å². The summed E-state index contributed by atoms with van der Waals surface area (Å²) in [6.45, 7) is 8.84. The molecule has 1 fully saturated rings. The number of benzene rings is 1. The highest BCUT2D eigenvalue weighted by Crippen LogP contribution is 2.40. The van der Waals surface area contributed by atoms with Crippen LogP contribution < -0.4 is 10.6 Å². The summed E-state index contributed by atoms with van der Waals surface area (Å²) in [5.74, 6) is 1.54. The van der Waals surface area contributed by atoms with Crippen LogP contribution in [0.25, 0.3) is 0 Å². The van der Waals surface area contributed by atoms with Gasteiger partial charge in [-0.25, -0.2) is 0 Å². The van der Waals surface area contributed by atoms with E-state index in [0.717, 1.165) is 37.7 Å². The third-order valence-electron chi connectivity index (χ3n) is 4.59. The number of guanidine groups is 1. The first-order chi connectivity index (χ1) is 12.2. The van der Waals surface area contributed by atoms with Gasteiger partial charge < -0.3 is 10.6 Å². The van der Waals surface area contributed by atoms with Gasteiger partial charge in [0.2, 0.25) is 0 Å². The zero-order valence-electron chi connectivity index (χ0n) is 15.9. The maximum atomic E-state index is 4.73. The topological polar surface area (TPSA) is 54.2 Å². The molecule has 2 aromatic rings. The van der Waals surface area contributed by atoms with Gasteiger partial charge in [-0.3, -0.25) is 9.67 Å². The first-order valence-electron chi connectivity index (χ1n) is 9.28. The van der Waals surface area contributed by atoms with E-state index in [1.165, 1.54) is 17.7 Å². The number of aryl methyl sites for hydroxylation is 3. The summed E-state index contributed by atoms with van der Waals surface area (Å²) in [7, 11) is 0. The minimum Gasteiger partial charge on any atom is -0.357 e. The molecule has 26 heavy (non-hydrogen) atoms. The Morgan fingerprint density at radius 3 is 2.69 bits per heavy atom. The first-order valence-corrected chi connectivity index (χ1v) is 9.28. The van der Waals surface area contributed by atoms with Crippen LogP contribution in [0.4, 0.5) is 0 Å². The molecule has 2 atom stereocenters. The summed E-state index contributed by atoms with van der Waals surface area (Å²) in [4.78, 5) is 4.73. The average molecular weight is 467 g/mol. The van der Waals surface area contributed by atoms with Crippen LogP contribution in [-0.4, -0.2) is 34.9 Å². The van der Waals surface area contributed by atoms with Gasteiger partial charge in [0.25, 0.3) is 0 Å². The monoisotopic (exact) mass is 467 g/mol. The van der Waals surface area contributed by atoms with E-state index in [4.69, 9.17) is 4.99 Å². The molecule has 0 saturated heterocycles. The molecule has 142 valence electrons. The van der Waals surface area contributed by atoms with Gasteiger partial charge >= 0.3 is 0 Å². The predicted molar refractivity (Wildman–Crippen MR) is 118 cm³/mol. The van der Waals surface area contributed by atoms with Crippen LogP contribution in [0.3, 0.4) is 0 Å². The van der Waals surface area contributed by atoms with Crippen LogP contribution in [0, 0.1) is 13.8 Å². The summed E-state index contributed by atoms with van der Waals surface area (Å²) in [6.07, 6.45) is 2.17. The smallest absolute Gasteiger partial charge is 0.191 e. The minimum atomic E-state index is 0. The summed E-state index contributed by atoms with van der Waals surface area (Å²) in [6, 6.07) is 13.3. The van der Waals surface area contributed by atoms with Crippen LogP contribution >= 0.6 is 24.0 Å². The Balaban J connectivity index is 0.00000243. The molecule has 2 N–H and O–H groups in total. The molecule has 1 aromatic carbocycles. The Morgan fingerprint density at radius 2 is 2.04 bits per heavy atom. The Labute approximate surface area is 173 Å². The SMILES string of the molecule is CCNC(=NCCCn1nc(C)cc1C)NC1CC1c1ccccc1.I. The highest BCUT2D eigenvalue weighted by molar-refractivity contribution is 14.0. The summed E-state index contributed by atoms with van der Waals surface area (Å²) >= 11 is 0. The van der Waals surface area contributed by atoms with Crippen LogP contribution in [0.1, 0.15) is 42.6 Å². The van der Waals surface area contributed by atoms with Gasteiger partial charge in [-0.15, -0.1) is 24.0 Å². The molecule has 2 unspecified atom stereocenters. The molecule has 1 aromatic heterocycles. The van der Waals surface area contributed by atoms with Crippen molar-refractivity contribution in [1.29, 1.82) is 0 Å². The quantitative estimate of drug-likeness (QED) is 0.283. The number of halogens is 1. The zero-order valence-corrected chi connectivity index (χ0v) is 18.2. The molecule has 1 saturated carbocycles. The Morgan fingerprint density at radius 1 is 1.27 bits per heavy atom. The van der Waals surface area contributed by atoms with Crippen molar-refractivity contribution in [2.45, 2.75) is 52.1 Å². The van der Waals surface area contributed by atoms with Crippen molar-refractivity contribution in [2.24, 2.45) is 4.99 Å². The number of hydrogen-bond donors (Lipinski definition) is 2. The van der Waals surface area contributed by atoms with Crippen LogP contribution in [0.2, 0.25) is 0 Å². The number of aliphatic imine (C=N–C) groups is 1. The van der Waals surface area contributed by atoms with E-state index >= 15 is 0 Å². The van der Waals surface area contributed by atoms with E-state index in [9.17, 15) is 0 Å². The van der Waals surface area contributed by atoms with Gasteiger partial charge in [0.15, 0.2) is 5.96 Å². The van der Waals surface area contributed by atoms with Gasteiger partial charge in [0, 0.05) is 37.3 Å². The van der Waals surface area contributed by atoms with E-state index in [0.29, 0.717) is 12.0 Å². The molecule has 1 aliphatic carbocycles. The molecule has 0 spiro atoms. The van der Waals surface area contributed by atoms with E-state index in [1.54, 1.807) is 0 Å². The lowest BCUT2D eigenvalue weighted by atomic mass is 10.1. The van der Waals surface area contributed by atoms with Crippen molar-refractivity contribution in [3.63, 3.8) is 0 Å². The fourth-order valence-corrected chi connectivity index (χ4v) is 3.23. The molecule has 3 rings (SSSR count). The number of nitrogens with one attached hydrogen (secondary N) is 2. The Hall–Kier alpha value is -1.57. The lowest BCUT2D eigenvalue weighted by Crippen LogP contribution is -2.39. The lowest BCUT2D eigenvalue weighted by molar-refractivity contribution is 0.567. The van der Waals surface area contributed by atoms with Crippen molar-refractivity contribution in [3.05, 3.63) is 53.3 Å². The molecule has 1 aliphatic rings. The second kappa shape index (κ2) is 9.94. The van der Waals surface area contributed by atoms with Gasteiger partial charge in [0.1, 0.15) is 0 Å². The molecular formula is C20H30IN5. The third-order valence-corrected chi connectivity index (χ3v) is 4.59. The maximum absolute atomic E-state index is 4.73. The van der Waals surface area contributed by atoms with Gasteiger partial charge in [-0.05, 0) is 45.2 Å². The number of aromatic nitrogens is 2. The van der Waals surface area contributed by atoms with E-state index in [2.05, 4.69) is 70.7 Å². The van der Waals surface area contributed by atoms with Gasteiger partial charge in [-0.1, -0.05) is 30.3 Å². The average Bonchev–Trinajstić information content (AvgIpc) is 3.29. The highest BCUT2D eigenvalue weighted by atomic mass is 127. The molecular weight excluding hydrogens is 437 g/mol. The number of nitrogens with zero attached hydrogens (tertiary/aromatic N) is 3. The molecule has 1 heterocycles. The van der Waals surface area contributed by atoms with E-state index < -0.39 is 0 Å². The van der Waals surface area contributed by atoms with E-state index in [-0.39, 0.29) is 24.0 Å². The Bertz CT molecular complexity index is 710. The van der Waals surface area contributed by atoms with Gasteiger partial charge in [0.05, 0.1) is 5.69 Å². The van der Waals surface area contributed by atoms with Crippen molar-refractivity contribution >= 4 is 29.9 Å². The molecule has 5 nitrogen and oxygen atoms in total. The van der Waals surface area contributed by atoms with Crippen molar-refractivity contribution in [2.75, 3.05) is 13.1 Å². The number of hydrogen-bond acceptors (Lipinski definition) is 2. The largest absolute Gasteiger partial charge is 0.357 e. The lowest BCUT2D eigenvalue weighted by Gasteiger charge is -2.11. The maximum Gasteiger partial charge on any atom is 0.191 e. The third kappa shape index (κ3) is 5.72. The predicted octanol–water partition coefficient (Wildman–Crippen LogP) is 3.62. The van der Waals surface area contributed by atoms with Gasteiger partial charge in [-0.2, -0.15) is 5.10 Å². The van der Waals surface area contributed by atoms with Crippen LogP contribution in [0.15, 0.2) is 41.4 Å². The van der Waals surface area contributed by atoms with Crippen LogP contribution in [0.5, 0.6) is 0 Å². The Kier molecular flexibility index (Phi) is 7.93.